The van der Waals surface area contributed by atoms with Gasteiger partial charge in [-0.05, 0) is 60.5 Å². The molecule has 1 aromatic heterocycles. The number of hydrogen-bond donors (Lipinski definition) is 3. The number of aromatic carboxylic acids is 1. The molecule has 0 aliphatic carbocycles. The van der Waals surface area contributed by atoms with E-state index < -0.39 is 30.4 Å². The zero-order valence-electron chi connectivity index (χ0n) is 17.5. The number of nitrogens with one attached hydrogen (secondary N) is 2. The van der Waals surface area contributed by atoms with Crippen LogP contribution in [0.15, 0.2) is 66.4 Å². The number of thiophene rings is 1. The summed E-state index contributed by atoms with van der Waals surface area (Å²) < 4.78 is 0. The lowest BCUT2D eigenvalue weighted by Crippen LogP contribution is -2.38. The third-order valence-electron chi connectivity index (χ3n) is 4.90. The van der Waals surface area contributed by atoms with Crippen LogP contribution in [0, 0.1) is 6.92 Å². The third kappa shape index (κ3) is 4.99. The van der Waals surface area contributed by atoms with Gasteiger partial charge in [0.05, 0.1) is 5.56 Å². The van der Waals surface area contributed by atoms with E-state index in [0.29, 0.717) is 5.69 Å². The molecule has 1 saturated heterocycles. The minimum atomic E-state index is -0.995. The van der Waals surface area contributed by atoms with E-state index in [-0.39, 0.29) is 11.3 Å². The van der Waals surface area contributed by atoms with Gasteiger partial charge in [0.25, 0.3) is 5.91 Å². The number of carboxylic acid groups (broad SMARTS) is 1. The summed E-state index contributed by atoms with van der Waals surface area (Å²) in [5, 5.41) is 14.2. The van der Waals surface area contributed by atoms with E-state index in [1.165, 1.54) is 23.5 Å². The molecule has 1 aliphatic rings. The second-order valence-corrected chi connectivity index (χ2v) is 8.50. The number of amides is 4. The van der Waals surface area contributed by atoms with Gasteiger partial charge >= 0.3 is 12.0 Å². The quantitative estimate of drug-likeness (QED) is 0.380. The van der Waals surface area contributed by atoms with Gasteiger partial charge in [-0.2, -0.15) is 0 Å². The number of rotatable bonds is 6. The normalized spacial score (nSPS) is 14.5. The number of imide groups is 1. The van der Waals surface area contributed by atoms with Crippen LogP contribution < -0.4 is 10.6 Å². The van der Waals surface area contributed by atoms with Gasteiger partial charge in [0.15, 0.2) is 0 Å². The highest BCUT2D eigenvalue weighted by atomic mass is 32.1. The molecule has 0 unspecified atom stereocenters. The maximum absolute atomic E-state index is 12.7. The van der Waals surface area contributed by atoms with Crippen molar-refractivity contribution in [1.29, 1.82) is 0 Å². The van der Waals surface area contributed by atoms with E-state index in [9.17, 15) is 19.2 Å². The number of carboxylic acids is 1. The Morgan fingerprint density at radius 3 is 2.55 bits per heavy atom. The number of nitrogens with zero attached hydrogens (tertiary/aromatic N) is 1. The molecule has 1 fully saturated rings. The Morgan fingerprint density at radius 1 is 1.09 bits per heavy atom. The van der Waals surface area contributed by atoms with Crippen molar-refractivity contribution >= 4 is 46.9 Å². The van der Waals surface area contributed by atoms with E-state index in [1.54, 1.807) is 42.5 Å². The maximum Gasteiger partial charge on any atom is 0.335 e. The Bertz CT molecular complexity index is 1290. The number of urea groups is 1. The molecule has 2 heterocycles. The average Bonchev–Trinajstić information content (AvgIpc) is 3.34. The molecule has 0 spiro atoms. The molecule has 0 bridgehead atoms. The van der Waals surface area contributed by atoms with Crippen molar-refractivity contribution in [1.82, 2.24) is 10.2 Å². The monoisotopic (exact) mass is 461 g/mol. The lowest BCUT2D eigenvalue weighted by atomic mass is 10.1. The van der Waals surface area contributed by atoms with Crippen molar-refractivity contribution < 1.29 is 24.3 Å². The summed E-state index contributed by atoms with van der Waals surface area (Å²) in [6, 6.07) is 16.7. The highest BCUT2D eigenvalue weighted by Crippen LogP contribution is 2.30. The van der Waals surface area contributed by atoms with Crippen molar-refractivity contribution in [3.63, 3.8) is 0 Å². The summed E-state index contributed by atoms with van der Waals surface area (Å²) in [5.41, 5.74) is 2.68. The fourth-order valence-electron chi connectivity index (χ4n) is 3.29. The topological polar surface area (TPSA) is 116 Å². The number of benzene rings is 2. The molecule has 4 amide bonds. The van der Waals surface area contributed by atoms with Gasteiger partial charge in [0.2, 0.25) is 5.91 Å². The molecule has 0 atom stereocenters. The fourth-order valence-corrected chi connectivity index (χ4v) is 4.24. The molecule has 0 saturated carbocycles. The highest BCUT2D eigenvalue weighted by Gasteiger charge is 2.35. The van der Waals surface area contributed by atoms with E-state index >= 15 is 0 Å². The Hall–Kier alpha value is -4.24. The van der Waals surface area contributed by atoms with E-state index in [0.717, 1.165) is 25.8 Å². The number of anilines is 1. The number of carbonyl (C=O) groups is 4. The van der Waals surface area contributed by atoms with Gasteiger partial charge in [-0.1, -0.05) is 24.3 Å². The molecule has 33 heavy (non-hydrogen) atoms. The smallest absolute Gasteiger partial charge is 0.335 e. The molecule has 4 rings (SSSR count). The lowest BCUT2D eigenvalue weighted by molar-refractivity contribution is -0.127. The van der Waals surface area contributed by atoms with Gasteiger partial charge in [0.1, 0.15) is 12.2 Å². The second kappa shape index (κ2) is 9.09. The first-order chi connectivity index (χ1) is 15.8. The van der Waals surface area contributed by atoms with E-state index in [2.05, 4.69) is 10.6 Å². The number of hydrogen-bond acceptors (Lipinski definition) is 5. The van der Waals surface area contributed by atoms with Crippen LogP contribution in [0.25, 0.3) is 16.5 Å². The van der Waals surface area contributed by atoms with Gasteiger partial charge in [0, 0.05) is 15.4 Å². The largest absolute Gasteiger partial charge is 0.478 e. The second-order valence-electron chi connectivity index (χ2n) is 7.38. The van der Waals surface area contributed by atoms with Crippen molar-refractivity contribution in [2.45, 2.75) is 6.92 Å². The molecule has 166 valence electrons. The Kier molecular flexibility index (Phi) is 6.05. The van der Waals surface area contributed by atoms with Crippen LogP contribution in [0.1, 0.15) is 20.8 Å². The molecule has 8 nitrogen and oxygen atoms in total. The minimum absolute atomic E-state index is 0.0815. The molecule has 9 heteroatoms. The first kappa shape index (κ1) is 22.0. The minimum Gasteiger partial charge on any atom is -0.478 e. The first-order valence-electron chi connectivity index (χ1n) is 9.95. The Labute approximate surface area is 193 Å². The van der Waals surface area contributed by atoms with E-state index in [1.807, 2.05) is 19.1 Å². The van der Waals surface area contributed by atoms with Gasteiger partial charge < -0.3 is 15.7 Å². The molecule has 2 aromatic carbocycles. The fraction of sp³-hybridized carbons (Fsp3) is 0.0833. The van der Waals surface area contributed by atoms with Crippen LogP contribution >= 0.6 is 11.3 Å². The molecular weight excluding hydrogens is 442 g/mol. The standard InChI is InChI=1S/C24H19N3O5S/c1-14-3-2-4-17(11-14)25-21(28)13-27-22(29)19(26-24(27)32)12-18-9-10-20(33-18)15-5-7-16(8-6-15)23(30)31/h2-12H,13H2,1H3,(H,25,28)(H,26,32)(H,30,31). The van der Waals surface area contributed by atoms with Crippen LogP contribution in [0.2, 0.25) is 0 Å². The van der Waals surface area contributed by atoms with Gasteiger partial charge in [-0.3, -0.25) is 9.59 Å². The van der Waals surface area contributed by atoms with E-state index in [4.69, 9.17) is 5.11 Å². The summed E-state index contributed by atoms with van der Waals surface area (Å²) >= 11 is 1.38. The number of aryl methyl sites for hydroxylation is 1. The zero-order valence-corrected chi connectivity index (χ0v) is 18.3. The summed E-state index contributed by atoms with van der Waals surface area (Å²) in [5.74, 6) is -2.06. The third-order valence-corrected chi connectivity index (χ3v) is 5.98. The van der Waals surface area contributed by atoms with Crippen LogP contribution in [-0.4, -0.2) is 40.4 Å². The molecule has 0 radical (unpaired) electrons. The Balaban J connectivity index is 1.44. The predicted octanol–water partition coefficient (Wildman–Crippen LogP) is 3.95. The Morgan fingerprint density at radius 2 is 1.85 bits per heavy atom. The van der Waals surface area contributed by atoms with Gasteiger partial charge in [-0.15, -0.1) is 11.3 Å². The highest BCUT2D eigenvalue weighted by molar-refractivity contribution is 7.16. The SMILES string of the molecule is Cc1cccc(NC(=O)CN2C(=O)NC(=Cc3ccc(-c4ccc(C(=O)O)cc4)s3)C2=O)c1. The maximum atomic E-state index is 12.7. The van der Waals surface area contributed by atoms with Crippen LogP contribution in [0.3, 0.4) is 0 Å². The predicted molar refractivity (Wildman–Crippen MR) is 125 cm³/mol. The molecule has 3 aromatic rings. The molecule has 3 N–H and O–H groups in total. The van der Waals surface area contributed by atoms with Crippen LogP contribution in [0.5, 0.6) is 0 Å². The molecule has 1 aliphatic heterocycles. The van der Waals surface area contributed by atoms with Crippen LogP contribution in [0.4, 0.5) is 10.5 Å². The average molecular weight is 461 g/mol. The summed E-state index contributed by atoms with van der Waals surface area (Å²) in [6.45, 7) is 1.49. The van der Waals surface area contributed by atoms with Gasteiger partial charge in [-0.25, -0.2) is 14.5 Å². The summed E-state index contributed by atoms with van der Waals surface area (Å²) in [6.07, 6.45) is 1.55. The van der Waals surface area contributed by atoms with Crippen molar-refractivity contribution in [2.24, 2.45) is 0 Å². The number of carbonyl (C=O) groups excluding carboxylic acids is 3. The summed E-state index contributed by atoms with van der Waals surface area (Å²) in [4.78, 5) is 50.7. The van der Waals surface area contributed by atoms with Crippen molar-refractivity contribution in [3.05, 3.63) is 82.4 Å². The lowest BCUT2D eigenvalue weighted by Gasteiger charge is -2.12. The summed E-state index contributed by atoms with van der Waals surface area (Å²) in [7, 11) is 0. The zero-order chi connectivity index (χ0) is 23.5. The van der Waals surface area contributed by atoms with Crippen molar-refractivity contribution in [2.75, 3.05) is 11.9 Å². The van der Waals surface area contributed by atoms with Crippen molar-refractivity contribution in [3.8, 4) is 10.4 Å². The van der Waals surface area contributed by atoms with Crippen LogP contribution in [-0.2, 0) is 9.59 Å². The molecular formula is C24H19N3O5S. The first-order valence-corrected chi connectivity index (χ1v) is 10.8.